The van der Waals surface area contributed by atoms with Crippen LogP contribution in [0.2, 0.25) is 0 Å². The standard InChI is InChI=1S/C16H22FNO3/c1-3-20-15(19)16(2,18-13-6-7-13)10-11-21-14-8-4-12(17)5-9-14/h4-5,8-9,13,18H,3,6-7,10-11H2,1-2H3. The number of nitrogens with one attached hydrogen (secondary N) is 1. The molecule has 0 heterocycles. The molecule has 1 saturated carbocycles. The predicted octanol–water partition coefficient (Wildman–Crippen LogP) is 2.67. The molecule has 1 aromatic rings. The molecule has 1 unspecified atom stereocenters. The zero-order valence-electron chi connectivity index (χ0n) is 12.5. The number of ether oxygens (including phenoxy) is 2. The first-order valence-corrected chi connectivity index (χ1v) is 7.37. The average molecular weight is 295 g/mol. The second-order valence-electron chi connectivity index (χ2n) is 5.52. The Balaban J connectivity index is 1.88. The molecule has 0 spiro atoms. The fraction of sp³-hybridized carbons (Fsp3) is 0.562. The normalized spacial score (nSPS) is 17.1. The third-order valence-electron chi connectivity index (χ3n) is 3.51. The minimum absolute atomic E-state index is 0.250. The average Bonchev–Trinajstić information content (AvgIpc) is 3.25. The molecule has 0 bridgehead atoms. The maximum atomic E-state index is 12.8. The number of esters is 1. The van der Waals surface area contributed by atoms with E-state index in [4.69, 9.17) is 9.47 Å². The quantitative estimate of drug-likeness (QED) is 0.749. The van der Waals surface area contributed by atoms with Gasteiger partial charge >= 0.3 is 5.97 Å². The van der Waals surface area contributed by atoms with Gasteiger partial charge in [-0.05, 0) is 51.0 Å². The van der Waals surface area contributed by atoms with E-state index in [9.17, 15) is 9.18 Å². The number of carbonyl (C=O) groups is 1. The minimum Gasteiger partial charge on any atom is -0.494 e. The number of hydrogen-bond acceptors (Lipinski definition) is 4. The van der Waals surface area contributed by atoms with Crippen LogP contribution < -0.4 is 10.1 Å². The van der Waals surface area contributed by atoms with Gasteiger partial charge in [-0.2, -0.15) is 0 Å². The molecule has 0 radical (unpaired) electrons. The number of halogens is 1. The Bertz CT molecular complexity index is 473. The van der Waals surface area contributed by atoms with Crippen molar-refractivity contribution in [3.05, 3.63) is 30.1 Å². The highest BCUT2D eigenvalue weighted by molar-refractivity contribution is 5.80. The van der Waals surface area contributed by atoms with E-state index in [1.165, 1.54) is 12.1 Å². The van der Waals surface area contributed by atoms with Gasteiger partial charge in [0.2, 0.25) is 0 Å². The Labute approximate surface area is 124 Å². The first-order valence-electron chi connectivity index (χ1n) is 7.37. The summed E-state index contributed by atoms with van der Waals surface area (Å²) in [4.78, 5) is 12.1. The lowest BCUT2D eigenvalue weighted by Gasteiger charge is -2.28. The van der Waals surface area contributed by atoms with E-state index in [0.717, 1.165) is 12.8 Å². The van der Waals surface area contributed by atoms with Gasteiger partial charge in [0.1, 0.15) is 17.1 Å². The predicted molar refractivity (Wildman–Crippen MR) is 77.7 cm³/mol. The number of hydrogen-bond donors (Lipinski definition) is 1. The third-order valence-corrected chi connectivity index (χ3v) is 3.51. The van der Waals surface area contributed by atoms with Crippen LogP contribution in [0.5, 0.6) is 5.75 Å². The largest absolute Gasteiger partial charge is 0.494 e. The third kappa shape index (κ3) is 4.70. The second-order valence-corrected chi connectivity index (χ2v) is 5.52. The van der Waals surface area contributed by atoms with Crippen molar-refractivity contribution < 1.29 is 18.7 Å². The molecular formula is C16H22FNO3. The van der Waals surface area contributed by atoms with Gasteiger partial charge in [0.15, 0.2) is 0 Å². The van der Waals surface area contributed by atoms with Gasteiger partial charge < -0.3 is 9.47 Å². The molecule has 1 aliphatic rings. The highest BCUT2D eigenvalue weighted by Crippen LogP contribution is 2.25. The molecule has 1 N–H and O–H groups in total. The van der Waals surface area contributed by atoms with Crippen molar-refractivity contribution in [2.24, 2.45) is 0 Å². The maximum absolute atomic E-state index is 12.8. The summed E-state index contributed by atoms with van der Waals surface area (Å²) in [5.74, 6) is 0.0442. The summed E-state index contributed by atoms with van der Waals surface area (Å²) in [6, 6.07) is 6.24. The monoisotopic (exact) mass is 295 g/mol. The van der Waals surface area contributed by atoms with Crippen LogP contribution >= 0.6 is 0 Å². The zero-order valence-corrected chi connectivity index (χ0v) is 12.5. The highest BCUT2D eigenvalue weighted by Gasteiger charge is 2.39. The molecule has 116 valence electrons. The van der Waals surface area contributed by atoms with Crippen LogP contribution in [0.25, 0.3) is 0 Å². The van der Waals surface area contributed by atoms with Crippen molar-refractivity contribution in [3.63, 3.8) is 0 Å². The Morgan fingerprint density at radius 2 is 2.05 bits per heavy atom. The molecule has 0 aromatic heterocycles. The van der Waals surface area contributed by atoms with Gasteiger partial charge in [0.05, 0.1) is 13.2 Å². The van der Waals surface area contributed by atoms with Gasteiger partial charge in [0.25, 0.3) is 0 Å². The van der Waals surface area contributed by atoms with E-state index in [-0.39, 0.29) is 11.8 Å². The van der Waals surface area contributed by atoms with Crippen LogP contribution in [0.3, 0.4) is 0 Å². The van der Waals surface area contributed by atoms with Gasteiger partial charge in [-0.1, -0.05) is 0 Å². The Hall–Kier alpha value is -1.62. The van der Waals surface area contributed by atoms with Gasteiger partial charge in [-0.25, -0.2) is 4.39 Å². The summed E-state index contributed by atoms with van der Waals surface area (Å²) < 4.78 is 23.5. The summed E-state index contributed by atoms with van der Waals surface area (Å²) in [6.07, 6.45) is 2.68. The van der Waals surface area contributed by atoms with Gasteiger partial charge in [-0.3, -0.25) is 10.1 Å². The van der Waals surface area contributed by atoms with Gasteiger partial charge in [-0.15, -0.1) is 0 Å². The molecule has 0 aliphatic heterocycles. The smallest absolute Gasteiger partial charge is 0.326 e. The lowest BCUT2D eigenvalue weighted by molar-refractivity contribution is -0.151. The summed E-state index contributed by atoms with van der Waals surface area (Å²) in [5.41, 5.74) is -0.739. The van der Waals surface area contributed by atoms with Crippen LogP contribution in [0, 0.1) is 5.82 Å². The van der Waals surface area contributed by atoms with Crippen molar-refractivity contribution in [2.45, 2.75) is 44.7 Å². The molecule has 0 amide bonds. The van der Waals surface area contributed by atoms with Crippen molar-refractivity contribution >= 4 is 5.97 Å². The summed E-state index contributed by atoms with van der Waals surface area (Å²) in [7, 11) is 0. The van der Waals surface area contributed by atoms with Crippen LogP contribution in [0.1, 0.15) is 33.1 Å². The molecule has 5 heteroatoms. The van der Waals surface area contributed by atoms with E-state index in [1.807, 2.05) is 6.92 Å². The first kappa shape index (κ1) is 15.8. The van der Waals surface area contributed by atoms with Crippen molar-refractivity contribution in [2.75, 3.05) is 13.2 Å². The van der Waals surface area contributed by atoms with Crippen LogP contribution in [-0.2, 0) is 9.53 Å². The topological polar surface area (TPSA) is 47.6 Å². The fourth-order valence-electron chi connectivity index (χ4n) is 2.11. The van der Waals surface area contributed by atoms with E-state index in [1.54, 1.807) is 19.1 Å². The second kappa shape index (κ2) is 6.89. The SMILES string of the molecule is CCOC(=O)C(C)(CCOc1ccc(F)cc1)NC1CC1. The number of benzene rings is 1. The molecule has 1 fully saturated rings. The summed E-state index contributed by atoms with van der Waals surface area (Å²) in [5, 5.41) is 3.33. The molecule has 21 heavy (non-hydrogen) atoms. The van der Waals surface area contributed by atoms with E-state index >= 15 is 0 Å². The zero-order chi connectivity index (χ0) is 15.3. The molecular weight excluding hydrogens is 273 g/mol. The van der Waals surface area contributed by atoms with E-state index < -0.39 is 5.54 Å². The van der Waals surface area contributed by atoms with Crippen LogP contribution in [0.15, 0.2) is 24.3 Å². The fourth-order valence-corrected chi connectivity index (χ4v) is 2.11. The number of carbonyl (C=O) groups excluding carboxylic acids is 1. The Kier molecular flexibility index (Phi) is 5.17. The number of rotatable bonds is 8. The molecule has 2 rings (SSSR count). The Morgan fingerprint density at radius 3 is 2.62 bits per heavy atom. The Morgan fingerprint density at radius 1 is 1.38 bits per heavy atom. The van der Waals surface area contributed by atoms with E-state index in [0.29, 0.717) is 31.4 Å². The lowest BCUT2D eigenvalue weighted by Crippen LogP contribution is -2.52. The summed E-state index contributed by atoms with van der Waals surface area (Å²) in [6.45, 7) is 4.36. The molecule has 4 nitrogen and oxygen atoms in total. The molecule has 1 aliphatic carbocycles. The van der Waals surface area contributed by atoms with Crippen LogP contribution in [0.4, 0.5) is 4.39 Å². The van der Waals surface area contributed by atoms with Crippen molar-refractivity contribution in [1.82, 2.24) is 5.32 Å². The lowest BCUT2D eigenvalue weighted by atomic mass is 9.98. The highest BCUT2D eigenvalue weighted by atomic mass is 19.1. The van der Waals surface area contributed by atoms with E-state index in [2.05, 4.69) is 5.32 Å². The van der Waals surface area contributed by atoms with Crippen molar-refractivity contribution in [1.29, 1.82) is 0 Å². The van der Waals surface area contributed by atoms with Crippen molar-refractivity contribution in [3.8, 4) is 5.75 Å². The first-order chi connectivity index (χ1) is 10.0. The van der Waals surface area contributed by atoms with Gasteiger partial charge in [0, 0.05) is 12.5 Å². The van der Waals surface area contributed by atoms with Crippen LogP contribution in [-0.4, -0.2) is 30.8 Å². The molecule has 1 aromatic carbocycles. The summed E-state index contributed by atoms with van der Waals surface area (Å²) >= 11 is 0. The maximum Gasteiger partial charge on any atom is 0.326 e. The molecule has 1 atom stereocenters. The molecule has 0 saturated heterocycles. The minimum atomic E-state index is -0.739.